The molecule has 0 atom stereocenters. The highest BCUT2D eigenvalue weighted by Gasteiger charge is 2.11. The Bertz CT molecular complexity index is 740. The molecule has 0 bridgehead atoms. The van der Waals surface area contributed by atoms with Gasteiger partial charge in [-0.25, -0.2) is 4.39 Å². The Hall–Kier alpha value is -2.40. The molecule has 138 valence electrons. The minimum atomic E-state index is -0.452. The number of ether oxygens (including phenoxy) is 1. The van der Waals surface area contributed by atoms with Crippen molar-refractivity contribution in [3.63, 3.8) is 0 Å². The zero-order valence-corrected chi connectivity index (χ0v) is 15.1. The zero-order valence-electron chi connectivity index (χ0n) is 15.1. The molecule has 1 heterocycles. The normalized spacial score (nSPS) is 14.4. The number of rotatable bonds is 7. The van der Waals surface area contributed by atoms with Crippen molar-refractivity contribution < 1.29 is 13.9 Å². The fourth-order valence-corrected chi connectivity index (χ4v) is 3.23. The summed E-state index contributed by atoms with van der Waals surface area (Å²) in [5.41, 5.74) is 2.99. The number of methoxy groups -OCH3 is 1. The second-order valence-electron chi connectivity index (χ2n) is 6.72. The minimum absolute atomic E-state index is 0.129. The lowest BCUT2D eigenvalue weighted by atomic mass is 10.1. The van der Waals surface area contributed by atoms with E-state index in [0.29, 0.717) is 12.1 Å². The van der Waals surface area contributed by atoms with Gasteiger partial charge >= 0.3 is 0 Å². The summed E-state index contributed by atoms with van der Waals surface area (Å²) in [6.07, 6.45) is 2.73. The maximum absolute atomic E-state index is 13.7. The number of halogens is 1. The van der Waals surface area contributed by atoms with Gasteiger partial charge in [0.05, 0.1) is 13.5 Å². The van der Waals surface area contributed by atoms with Crippen LogP contribution in [0.3, 0.4) is 0 Å². The van der Waals surface area contributed by atoms with Gasteiger partial charge in [-0.2, -0.15) is 0 Å². The van der Waals surface area contributed by atoms with Crippen molar-refractivity contribution in [1.29, 1.82) is 0 Å². The molecule has 0 saturated carbocycles. The molecule has 3 rings (SSSR count). The molecule has 0 unspecified atom stereocenters. The van der Waals surface area contributed by atoms with Crippen LogP contribution in [0.5, 0.6) is 5.75 Å². The second-order valence-corrected chi connectivity index (χ2v) is 6.72. The smallest absolute Gasteiger partial charge is 0.224 e. The quantitative estimate of drug-likeness (QED) is 0.828. The van der Waals surface area contributed by atoms with Crippen LogP contribution in [0.2, 0.25) is 0 Å². The van der Waals surface area contributed by atoms with E-state index in [4.69, 9.17) is 4.74 Å². The first-order chi connectivity index (χ1) is 12.6. The number of nitrogens with zero attached hydrogens (tertiary/aromatic N) is 1. The Morgan fingerprint density at radius 2 is 1.73 bits per heavy atom. The van der Waals surface area contributed by atoms with Crippen LogP contribution < -0.4 is 10.1 Å². The molecule has 1 saturated heterocycles. The fraction of sp³-hybridized carbons (Fsp3) is 0.381. The topological polar surface area (TPSA) is 41.6 Å². The molecule has 0 spiro atoms. The third kappa shape index (κ3) is 5.05. The number of hydrogen-bond acceptors (Lipinski definition) is 3. The van der Waals surface area contributed by atoms with Gasteiger partial charge in [-0.15, -0.1) is 0 Å². The van der Waals surface area contributed by atoms with Crippen molar-refractivity contribution in [1.82, 2.24) is 10.2 Å². The molecule has 1 fully saturated rings. The minimum Gasteiger partial charge on any atom is -0.494 e. The van der Waals surface area contributed by atoms with Crippen LogP contribution in [-0.4, -0.2) is 31.0 Å². The number of amides is 1. The summed E-state index contributed by atoms with van der Waals surface area (Å²) < 4.78 is 18.6. The van der Waals surface area contributed by atoms with Gasteiger partial charge < -0.3 is 10.1 Å². The summed E-state index contributed by atoms with van der Waals surface area (Å²) in [6.45, 7) is 3.84. The summed E-state index contributed by atoms with van der Waals surface area (Å²) >= 11 is 0. The lowest BCUT2D eigenvalue weighted by Crippen LogP contribution is -2.24. The maximum atomic E-state index is 13.7. The highest BCUT2D eigenvalue weighted by atomic mass is 19.1. The third-order valence-electron chi connectivity index (χ3n) is 4.70. The summed E-state index contributed by atoms with van der Waals surface area (Å²) in [4.78, 5) is 14.5. The van der Waals surface area contributed by atoms with Crippen molar-refractivity contribution >= 4 is 5.91 Å². The molecule has 2 aromatic rings. The Kier molecular flexibility index (Phi) is 6.23. The molecular weight excluding hydrogens is 331 g/mol. The van der Waals surface area contributed by atoms with Crippen LogP contribution in [0, 0.1) is 5.82 Å². The van der Waals surface area contributed by atoms with Crippen LogP contribution >= 0.6 is 0 Å². The van der Waals surface area contributed by atoms with Crippen molar-refractivity contribution in [3.05, 3.63) is 65.0 Å². The zero-order chi connectivity index (χ0) is 18.4. The van der Waals surface area contributed by atoms with Gasteiger partial charge in [0.15, 0.2) is 11.6 Å². The standard InChI is InChI=1S/C21H25FN2O2/c1-26-20-9-8-18(12-19(20)22)13-21(25)23-14-16-4-6-17(7-5-16)15-24-10-2-3-11-24/h4-9,12H,2-3,10-11,13-15H2,1H3,(H,23,25). The summed E-state index contributed by atoms with van der Waals surface area (Å²) in [5, 5.41) is 2.89. The summed E-state index contributed by atoms with van der Waals surface area (Å²) in [7, 11) is 1.42. The number of benzene rings is 2. The third-order valence-corrected chi connectivity index (χ3v) is 4.70. The van der Waals surface area contributed by atoms with Gasteiger partial charge in [0.2, 0.25) is 5.91 Å². The first-order valence-corrected chi connectivity index (χ1v) is 9.03. The van der Waals surface area contributed by atoms with Crippen molar-refractivity contribution in [3.8, 4) is 5.75 Å². The van der Waals surface area contributed by atoms with Gasteiger partial charge in [-0.3, -0.25) is 9.69 Å². The molecule has 0 radical (unpaired) electrons. The average Bonchev–Trinajstić information content (AvgIpc) is 3.14. The van der Waals surface area contributed by atoms with Gasteiger partial charge in [0.1, 0.15) is 0 Å². The first kappa shape index (κ1) is 18.4. The Morgan fingerprint density at radius 1 is 1.08 bits per heavy atom. The van der Waals surface area contributed by atoms with Crippen LogP contribution in [0.25, 0.3) is 0 Å². The van der Waals surface area contributed by atoms with E-state index in [1.54, 1.807) is 6.07 Å². The number of carbonyl (C=O) groups excluding carboxylic acids is 1. The summed E-state index contributed by atoms with van der Waals surface area (Å²) in [5.74, 6) is -0.398. The summed E-state index contributed by atoms with van der Waals surface area (Å²) in [6, 6.07) is 12.9. The molecular formula is C21H25FN2O2. The number of nitrogens with one attached hydrogen (secondary N) is 1. The Morgan fingerprint density at radius 3 is 2.38 bits per heavy atom. The van der Waals surface area contributed by atoms with E-state index < -0.39 is 5.82 Å². The monoisotopic (exact) mass is 356 g/mol. The van der Waals surface area contributed by atoms with E-state index in [1.165, 1.54) is 50.7 Å². The lowest BCUT2D eigenvalue weighted by Gasteiger charge is -2.14. The van der Waals surface area contributed by atoms with Gasteiger partial charge in [0.25, 0.3) is 0 Å². The Balaban J connectivity index is 1.47. The lowest BCUT2D eigenvalue weighted by molar-refractivity contribution is -0.120. The van der Waals surface area contributed by atoms with Gasteiger partial charge in [0, 0.05) is 13.1 Å². The highest BCUT2D eigenvalue weighted by molar-refractivity contribution is 5.78. The first-order valence-electron chi connectivity index (χ1n) is 9.03. The van der Waals surface area contributed by atoms with Crippen LogP contribution in [0.15, 0.2) is 42.5 Å². The second kappa shape index (κ2) is 8.81. The van der Waals surface area contributed by atoms with Crippen LogP contribution in [-0.2, 0) is 24.3 Å². The predicted octanol–water partition coefficient (Wildman–Crippen LogP) is 3.29. The molecule has 1 amide bonds. The molecule has 26 heavy (non-hydrogen) atoms. The van der Waals surface area contributed by atoms with Gasteiger partial charge in [-0.05, 0) is 54.8 Å². The van der Waals surface area contributed by atoms with E-state index in [0.717, 1.165) is 12.1 Å². The van der Waals surface area contributed by atoms with E-state index in [-0.39, 0.29) is 18.1 Å². The van der Waals surface area contributed by atoms with E-state index >= 15 is 0 Å². The average molecular weight is 356 g/mol. The van der Waals surface area contributed by atoms with Crippen molar-refractivity contribution in [2.75, 3.05) is 20.2 Å². The van der Waals surface area contributed by atoms with Crippen molar-refractivity contribution in [2.24, 2.45) is 0 Å². The molecule has 1 N–H and O–H groups in total. The molecule has 2 aromatic carbocycles. The maximum Gasteiger partial charge on any atom is 0.224 e. The van der Waals surface area contributed by atoms with Crippen molar-refractivity contribution in [2.45, 2.75) is 32.4 Å². The molecule has 5 heteroatoms. The Labute approximate surface area is 154 Å². The van der Waals surface area contributed by atoms with E-state index in [2.05, 4.69) is 34.5 Å². The van der Waals surface area contributed by atoms with Crippen LogP contribution in [0.4, 0.5) is 4.39 Å². The van der Waals surface area contributed by atoms with E-state index in [1.807, 2.05) is 0 Å². The van der Waals surface area contributed by atoms with Crippen LogP contribution in [0.1, 0.15) is 29.5 Å². The van der Waals surface area contributed by atoms with Gasteiger partial charge in [-0.1, -0.05) is 30.3 Å². The number of carbonyl (C=O) groups is 1. The van der Waals surface area contributed by atoms with E-state index in [9.17, 15) is 9.18 Å². The fourth-order valence-electron chi connectivity index (χ4n) is 3.23. The SMILES string of the molecule is COc1ccc(CC(=O)NCc2ccc(CN3CCCC3)cc2)cc1F. The molecule has 4 nitrogen and oxygen atoms in total. The molecule has 0 aliphatic carbocycles. The molecule has 1 aliphatic heterocycles. The predicted molar refractivity (Wildman–Crippen MR) is 99.5 cm³/mol. The number of hydrogen-bond donors (Lipinski definition) is 1. The highest BCUT2D eigenvalue weighted by Crippen LogP contribution is 2.18. The molecule has 1 aliphatic rings. The number of likely N-dealkylation sites (tertiary alicyclic amines) is 1. The largest absolute Gasteiger partial charge is 0.494 e. The molecule has 0 aromatic heterocycles.